The van der Waals surface area contributed by atoms with Crippen molar-refractivity contribution in [1.82, 2.24) is 10.3 Å². The lowest BCUT2D eigenvalue weighted by Gasteiger charge is -2.59. The second kappa shape index (κ2) is 7.06. The van der Waals surface area contributed by atoms with E-state index in [1.54, 1.807) is 6.92 Å². The van der Waals surface area contributed by atoms with Gasteiger partial charge in [0.05, 0.1) is 0 Å². The van der Waals surface area contributed by atoms with Crippen LogP contribution in [0.15, 0.2) is 4.79 Å². The fourth-order valence-electron chi connectivity index (χ4n) is 6.83. The van der Waals surface area contributed by atoms with Crippen LogP contribution in [0.1, 0.15) is 74.3 Å². The fourth-order valence-corrected chi connectivity index (χ4v) is 6.83. The lowest BCUT2D eigenvalue weighted by atomic mass is 9.48. The van der Waals surface area contributed by atoms with Gasteiger partial charge >= 0.3 is 0 Å². The second-order valence-corrected chi connectivity index (χ2v) is 9.74. The topological polar surface area (TPSA) is 85.8 Å². The number of hydrogen-bond acceptors (Lipinski definition) is 3. The number of amides is 1. The number of pyridine rings is 1. The summed E-state index contributed by atoms with van der Waals surface area (Å²) in [6.07, 6.45) is 9.00. The molecule has 0 saturated heterocycles. The Morgan fingerprint density at radius 1 is 1.21 bits per heavy atom. The molecule has 5 nitrogen and oxygen atoms in total. The molecule has 0 radical (unpaired) electrons. The third kappa shape index (κ3) is 3.27. The summed E-state index contributed by atoms with van der Waals surface area (Å²) in [5, 5.41) is 12.5. The average Bonchev–Trinajstić information content (AvgIpc) is 2.60. The van der Waals surface area contributed by atoms with Crippen LogP contribution >= 0.6 is 0 Å². The van der Waals surface area contributed by atoms with Crippen LogP contribution in [-0.4, -0.2) is 16.9 Å². The molecule has 1 amide bonds. The highest BCUT2D eigenvalue weighted by atomic mass is 16.1. The molecule has 0 unspecified atom stereocenters. The standard InChI is InChI=1S/C23H31N3O2/c1-13-19(14(2)25-22(28)20(13)12-24)4-5-21(27)26-15(3)23-9-16-6-17(10-23)8-18(7-16)11-23/h15-18H,4-11H2,1-3H3,(H,25,28)(H,26,27)/t15-,16?,17?,18?,23?/m1/s1. The van der Waals surface area contributed by atoms with Gasteiger partial charge in [0, 0.05) is 18.2 Å². The molecule has 150 valence electrons. The number of nitriles is 1. The molecule has 5 heteroatoms. The molecular formula is C23H31N3O2. The van der Waals surface area contributed by atoms with Crippen LogP contribution in [0.5, 0.6) is 0 Å². The van der Waals surface area contributed by atoms with Gasteiger partial charge < -0.3 is 10.3 Å². The molecule has 0 aromatic carbocycles. The highest BCUT2D eigenvalue weighted by Gasteiger charge is 2.53. The van der Waals surface area contributed by atoms with Crippen molar-refractivity contribution < 1.29 is 4.79 Å². The Kier molecular flexibility index (Phi) is 4.85. The van der Waals surface area contributed by atoms with E-state index >= 15 is 0 Å². The van der Waals surface area contributed by atoms with Crippen LogP contribution in [-0.2, 0) is 11.2 Å². The van der Waals surface area contributed by atoms with Gasteiger partial charge in [-0.2, -0.15) is 5.26 Å². The van der Waals surface area contributed by atoms with Gasteiger partial charge in [-0.15, -0.1) is 0 Å². The van der Waals surface area contributed by atoms with E-state index in [1.807, 2.05) is 13.0 Å². The molecule has 0 aliphatic heterocycles. The number of hydrogen-bond donors (Lipinski definition) is 2. The maximum Gasteiger partial charge on any atom is 0.266 e. The summed E-state index contributed by atoms with van der Waals surface area (Å²) in [4.78, 5) is 27.3. The fraction of sp³-hybridized carbons (Fsp3) is 0.696. The van der Waals surface area contributed by atoms with Crippen LogP contribution in [0.4, 0.5) is 0 Å². The summed E-state index contributed by atoms with van der Waals surface area (Å²) in [5.41, 5.74) is 2.48. The SMILES string of the molecule is Cc1[nH]c(=O)c(C#N)c(C)c1CCC(=O)N[C@H](C)C12CC3CC(CC(C3)C1)C2. The van der Waals surface area contributed by atoms with Gasteiger partial charge in [-0.3, -0.25) is 9.59 Å². The number of carbonyl (C=O) groups is 1. The summed E-state index contributed by atoms with van der Waals surface area (Å²) in [5.74, 6) is 2.70. The molecule has 0 spiro atoms. The van der Waals surface area contributed by atoms with E-state index in [-0.39, 0.29) is 23.1 Å². The van der Waals surface area contributed by atoms with Crippen LogP contribution in [0.3, 0.4) is 0 Å². The van der Waals surface area contributed by atoms with Gasteiger partial charge in [0.15, 0.2) is 0 Å². The van der Waals surface area contributed by atoms with Gasteiger partial charge in [0.2, 0.25) is 5.91 Å². The molecular weight excluding hydrogens is 350 g/mol. The minimum atomic E-state index is -0.346. The number of carbonyl (C=O) groups excluding carboxylic acids is 1. The Labute approximate surface area is 166 Å². The summed E-state index contributed by atoms with van der Waals surface area (Å²) in [6.45, 7) is 5.84. The Balaban J connectivity index is 1.41. The molecule has 4 fully saturated rings. The summed E-state index contributed by atoms with van der Waals surface area (Å²) in [6, 6.07) is 2.20. The van der Waals surface area contributed by atoms with Crippen molar-refractivity contribution in [3.05, 3.63) is 32.7 Å². The summed E-state index contributed by atoms with van der Waals surface area (Å²) in [7, 11) is 0. The third-order valence-electron chi connectivity index (χ3n) is 7.90. The van der Waals surface area contributed by atoms with E-state index in [4.69, 9.17) is 0 Å². The highest BCUT2D eigenvalue weighted by Crippen LogP contribution is 2.61. The molecule has 5 rings (SSSR count). The second-order valence-electron chi connectivity index (χ2n) is 9.74. The minimum Gasteiger partial charge on any atom is -0.353 e. The smallest absolute Gasteiger partial charge is 0.266 e. The monoisotopic (exact) mass is 381 g/mol. The Morgan fingerprint density at radius 2 is 1.79 bits per heavy atom. The third-order valence-corrected chi connectivity index (χ3v) is 7.90. The van der Waals surface area contributed by atoms with Gasteiger partial charge in [-0.05, 0) is 100 Å². The van der Waals surface area contributed by atoms with Gasteiger partial charge in [-0.25, -0.2) is 0 Å². The number of aryl methyl sites for hydroxylation is 1. The number of rotatable bonds is 5. The van der Waals surface area contributed by atoms with Crippen molar-refractivity contribution in [2.75, 3.05) is 0 Å². The Hall–Kier alpha value is -2.09. The van der Waals surface area contributed by atoms with Crippen molar-refractivity contribution in [2.24, 2.45) is 23.2 Å². The van der Waals surface area contributed by atoms with Crippen molar-refractivity contribution in [3.8, 4) is 6.07 Å². The van der Waals surface area contributed by atoms with E-state index in [1.165, 1.54) is 38.5 Å². The molecule has 4 saturated carbocycles. The highest BCUT2D eigenvalue weighted by molar-refractivity contribution is 5.76. The van der Waals surface area contributed by atoms with Crippen molar-refractivity contribution in [1.29, 1.82) is 5.26 Å². The zero-order valence-electron chi connectivity index (χ0n) is 17.2. The van der Waals surface area contributed by atoms with Gasteiger partial charge in [0.1, 0.15) is 11.6 Å². The molecule has 1 aromatic rings. The zero-order chi connectivity index (χ0) is 20.1. The number of aromatic amines is 1. The largest absolute Gasteiger partial charge is 0.353 e. The average molecular weight is 382 g/mol. The number of nitrogens with one attached hydrogen (secondary N) is 2. The minimum absolute atomic E-state index is 0.0757. The lowest BCUT2D eigenvalue weighted by Crippen LogP contribution is -2.55. The molecule has 1 atom stereocenters. The quantitative estimate of drug-likeness (QED) is 0.818. The van der Waals surface area contributed by atoms with Crippen LogP contribution < -0.4 is 10.9 Å². The first-order chi connectivity index (χ1) is 13.3. The molecule has 28 heavy (non-hydrogen) atoms. The molecule has 4 aliphatic rings. The van der Waals surface area contributed by atoms with Crippen LogP contribution in [0, 0.1) is 48.3 Å². The van der Waals surface area contributed by atoms with Crippen LogP contribution in [0.25, 0.3) is 0 Å². The van der Waals surface area contributed by atoms with Gasteiger partial charge in [-0.1, -0.05) is 0 Å². The normalized spacial score (nSPS) is 31.4. The maximum absolute atomic E-state index is 12.7. The van der Waals surface area contributed by atoms with Crippen molar-refractivity contribution in [2.45, 2.75) is 78.2 Å². The maximum atomic E-state index is 12.7. The zero-order valence-corrected chi connectivity index (χ0v) is 17.2. The number of aromatic nitrogens is 1. The molecule has 4 bridgehead atoms. The first-order valence-electron chi connectivity index (χ1n) is 10.7. The lowest BCUT2D eigenvalue weighted by molar-refractivity contribution is -0.125. The van der Waals surface area contributed by atoms with Crippen LogP contribution in [0.2, 0.25) is 0 Å². The summed E-state index contributed by atoms with van der Waals surface area (Å²) >= 11 is 0. The van der Waals surface area contributed by atoms with Crippen molar-refractivity contribution in [3.63, 3.8) is 0 Å². The molecule has 2 N–H and O–H groups in total. The Bertz CT molecular complexity index is 857. The van der Waals surface area contributed by atoms with E-state index in [2.05, 4.69) is 17.2 Å². The van der Waals surface area contributed by atoms with Crippen molar-refractivity contribution >= 4 is 5.91 Å². The number of H-pyrrole nitrogens is 1. The molecule has 1 aromatic heterocycles. The van der Waals surface area contributed by atoms with E-state index in [9.17, 15) is 14.9 Å². The number of nitrogens with zero attached hydrogens (tertiary/aromatic N) is 1. The first kappa shape index (κ1) is 19.2. The molecule has 1 heterocycles. The van der Waals surface area contributed by atoms with E-state index < -0.39 is 0 Å². The van der Waals surface area contributed by atoms with Gasteiger partial charge in [0.25, 0.3) is 5.56 Å². The molecule has 4 aliphatic carbocycles. The van der Waals surface area contributed by atoms with E-state index in [0.29, 0.717) is 23.8 Å². The Morgan fingerprint density at radius 3 is 2.32 bits per heavy atom. The summed E-state index contributed by atoms with van der Waals surface area (Å²) < 4.78 is 0. The predicted octanol–water partition coefficient (Wildman–Crippen LogP) is 3.52. The predicted molar refractivity (Wildman–Crippen MR) is 108 cm³/mol. The first-order valence-corrected chi connectivity index (χ1v) is 10.7. The van der Waals surface area contributed by atoms with E-state index in [0.717, 1.165) is 29.0 Å².